The van der Waals surface area contributed by atoms with Crippen LogP contribution in [0, 0.1) is 5.41 Å². The number of nitrogens with one attached hydrogen (secondary N) is 1. The van der Waals surface area contributed by atoms with Crippen molar-refractivity contribution in [3.8, 4) is 0 Å². The topological polar surface area (TPSA) is 128 Å². The first-order valence-corrected chi connectivity index (χ1v) is 5.95. The molecule has 1 unspecified atom stereocenters. The Hall–Kier alpha value is -1.81. The van der Waals surface area contributed by atoms with Crippen LogP contribution in [0.3, 0.4) is 0 Å². The lowest BCUT2D eigenvalue weighted by Crippen LogP contribution is -2.21. The second kappa shape index (κ2) is 6.06. The van der Waals surface area contributed by atoms with Crippen LogP contribution in [0.1, 0.15) is 5.69 Å². The predicted molar refractivity (Wildman–Crippen MR) is 63.1 cm³/mol. The van der Waals surface area contributed by atoms with Crippen molar-refractivity contribution in [2.45, 2.75) is 0 Å². The molecule has 92 valence electrons. The molecule has 0 amide bonds. The van der Waals surface area contributed by atoms with Crippen LogP contribution in [0.2, 0.25) is 0 Å². The van der Waals surface area contributed by atoms with E-state index in [0.29, 0.717) is 6.40 Å². The molecule has 1 aromatic heterocycles. The minimum Gasteiger partial charge on any atom is -0.375 e. The number of aromatic nitrogens is 1. The summed E-state index contributed by atoms with van der Waals surface area (Å²) < 4.78 is 19.4. The lowest BCUT2D eigenvalue weighted by Gasteiger charge is -2.01. The van der Waals surface area contributed by atoms with Gasteiger partial charge in [0.1, 0.15) is 5.69 Å². The second-order valence-corrected chi connectivity index (χ2v) is 4.09. The number of hydrogen-bond donors (Lipinski definition) is 2. The zero-order valence-electron chi connectivity index (χ0n) is 8.58. The van der Waals surface area contributed by atoms with Gasteiger partial charge in [-0.2, -0.15) is 4.21 Å². The predicted octanol–water partition coefficient (Wildman–Crippen LogP) is -0.110. The zero-order chi connectivity index (χ0) is 12.8. The molecule has 0 aliphatic carbocycles. The molecule has 8 nitrogen and oxygen atoms in total. The Labute approximate surface area is 103 Å². The van der Waals surface area contributed by atoms with Gasteiger partial charge in [0.15, 0.2) is 17.2 Å². The maximum atomic E-state index is 11.5. The first-order valence-electron chi connectivity index (χ1n) is 4.07. The number of aliphatic imine (C=N–C) groups is 1. The van der Waals surface area contributed by atoms with Crippen molar-refractivity contribution in [1.82, 2.24) is 4.98 Å². The third-order valence-corrected chi connectivity index (χ3v) is 2.67. The molecule has 0 saturated carbocycles. The maximum Gasteiger partial charge on any atom is 0.421 e. The molecule has 1 heterocycles. The molecule has 0 radical (unpaired) electrons. The van der Waals surface area contributed by atoms with E-state index >= 15 is 0 Å². The van der Waals surface area contributed by atoms with Crippen molar-refractivity contribution in [2.24, 2.45) is 4.99 Å². The Morgan fingerprint density at radius 2 is 2.47 bits per heavy atom. The number of carbonyl (C=O) groups is 1. The Morgan fingerprint density at radius 3 is 2.94 bits per heavy atom. The number of hydrogen-bond acceptors (Lipinski definition) is 9. The van der Waals surface area contributed by atoms with Gasteiger partial charge in [-0.25, -0.2) is 9.78 Å². The number of thiazole rings is 1. The average Bonchev–Trinajstić information content (AvgIpc) is 2.66. The molecule has 0 bridgehead atoms. The van der Waals surface area contributed by atoms with Crippen molar-refractivity contribution >= 4 is 45.9 Å². The first-order chi connectivity index (χ1) is 8.08. The van der Waals surface area contributed by atoms with Gasteiger partial charge in [-0.1, -0.05) is 0 Å². The number of rotatable bonds is 5. The molecule has 0 saturated heterocycles. The maximum absolute atomic E-state index is 11.5. The van der Waals surface area contributed by atoms with Crippen LogP contribution in [0.15, 0.2) is 10.4 Å². The van der Waals surface area contributed by atoms with E-state index in [0.717, 1.165) is 11.3 Å². The summed E-state index contributed by atoms with van der Waals surface area (Å²) in [5, 5.41) is 8.29. The molecule has 3 N–H and O–H groups in total. The SMILES string of the molecule is CN=C(C(=O)OS(=O)OC=N)c1csc(N)n1. The molecule has 0 aliphatic rings. The van der Waals surface area contributed by atoms with Gasteiger partial charge >= 0.3 is 17.3 Å². The summed E-state index contributed by atoms with van der Waals surface area (Å²) in [4.78, 5) is 19.0. The fourth-order valence-corrected chi connectivity index (χ4v) is 1.74. The van der Waals surface area contributed by atoms with Crippen LogP contribution >= 0.6 is 11.3 Å². The molecule has 1 atom stereocenters. The van der Waals surface area contributed by atoms with E-state index in [1.165, 1.54) is 12.4 Å². The highest BCUT2D eigenvalue weighted by Gasteiger charge is 2.21. The third-order valence-electron chi connectivity index (χ3n) is 1.45. The molecule has 0 aliphatic heterocycles. The van der Waals surface area contributed by atoms with Crippen molar-refractivity contribution in [3.05, 3.63) is 11.1 Å². The highest BCUT2D eigenvalue weighted by Crippen LogP contribution is 2.12. The van der Waals surface area contributed by atoms with Gasteiger partial charge in [-0.05, 0) is 0 Å². The number of nitrogens with two attached hydrogens (primary N) is 1. The normalized spacial score (nSPS) is 12.9. The van der Waals surface area contributed by atoms with E-state index in [4.69, 9.17) is 11.1 Å². The summed E-state index contributed by atoms with van der Waals surface area (Å²) >= 11 is -1.24. The minimum atomic E-state index is -2.37. The average molecular weight is 276 g/mol. The van der Waals surface area contributed by atoms with Crippen LogP contribution in [0.4, 0.5) is 5.13 Å². The number of carbonyl (C=O) groups excluding carboxylic acids is 1. The van der Waals surface area contributed by atoms with Gasteiger partial charge in [-0.15, -0.1) is 11.3 Å². The van der Waals surface area contributed by atoms with Gasteiger partial charge in [0.05, 0.1) is 0 Å². The lowest BCUT2D eigenvalue weighted by atomic mass is 10.3. The van der Waals surface area contributed by atoms with Gasteiger partial charge in [0.2, 0.25) is 0 Å². The highest BCUT2D eigenvalue weighted by molar-refractivity contribution is 7.76. The quantitative estimate of drug-likeness (QED) is 0.570. The summed E-state index contributed by atoms with van der Waals surface area (Å²) in [5.41, 5.74) is 5.51. The summed E-state index contributed by atoms with van der Waals surface area (Å²) in [7, 11) is 1.35. The van der Waals surface area contributed by atoms with E-state index in [-0.39, 0.29) is 16.5 Å². The van der Waals surface area contributed by atoms with Gasteiger partial charge in [0.25, 0.3) is 0 Å². The lowest BCUT2D eigenvalue weighted by molar-refractivity contribution is -0.126. The van der Waals surface area contributed by atoms with Crippen LogP contribution in [0.25, 0.3) is 0 Å². The number of anilines is 1. The Kier molecular flexibility index (Phi) is 4.72. The fourth-order valence-electron chi connectivity index (χ4n) is 0.867. The van der Waals surface area contributed by atoms with Crippen molar-refractivity contribution < 1.29 is 17.4 Å². The van der Waals surface area contributed by atoms with Crippen molar-refractivity contribution in [3.63, 3.8) is 0 Å². The second-order valence-electron chi connectivity index (χ2n) is 2.43. The van der Waals surface area contributed by atoms with Crippen LogP contribution < -0.4 is 5.73 Å². The molecule has 10 heteroatoms. The molecule has 1 aromatic rings. The van der Waals surface area contributed by atoms with Gasteiger partial charge in [0, 0.05) is 12.4 Å². The largest absolute Gasteiger partial charge is 0.421 e. The molecule has 1 rings (SSSR count). The van der Waals surface area contributed by atoms with E-state index in [1.807, 2.05) is 0 Å². The van der Waals surface area contributed by atoms with Gasteiger partial charge < -0.3 is 14.1 Å². The zero-order valence-corrected chi connectivity index (χ0v) is 10.2. The fraction of sp³-hybridized carbons (Fsp3) is 0.143. The third kappa shape index (κ3) is 3.60. The summed E-state index contributed by atoms with van der Waals surface area (Å²) in [5.74, 6) is -0.974. The standard InChI is InChI=1S/C7H8N4O4S2/c1-10-5(4-2-16-7(9)11-4)6(12)15-17(13)14-3-8/h2-3,8H,1H3,(H2,9,11). The van der Waals surface area contributed by atoms with E-state index < -0.39 is 17.3 Å². The first kappa shape index (κ1) is 13.3. The molecular formula is C7H8N4O4S2. The monoisotopic (exact) mass is 276 g/mol. The van der Waals surface area contributed by atoms with Crippen LogP contribution in [-0.4, -0.2) is 34.3 Å². The molecular weight excluding hydrogens is 268 g/mol. The van der Waals surface area contributed by atoms with Crippen LogP contribution in [0.5, 0.6) is 0 Å². The highest BCUT2D eigenvalue weighted by atomic mass is 32.2. The van der Waals surface area contributed by atoms with Crippen LogP contribution in [-0.2, 0) is 24.5 Å². The Morgan fingerprint density at radius 1 is 1.76 bits per heavy atom. The summed E-state index contributed by atoms with van der Waals surface area (Å²) in [6, 6.07) is 0. The van der Waals surface area contributed by atoms with Crippen molar-refractivity contribution in [1.29, 1.82) is 5.41 Å². The summed E-state index contributed by atoms with van der Waals surface area (Å²) in [6.07, 6.45) is 0.396. The number of nitrogens with zero attached hydrogens (tertiary/aromatic N) is 2. The van der Waals surface area contributed by atoms with Gasteiger partial charge in [-0.3, -0.25) is 10.4 Å². The molecule has 17 heavy (non-hydrogen) atoms. The molecule has 0 fully saturated rings. The number of nitrogen functional groups attached to an aromatic ring is 1. The summed E-state index contributed by atoms with van der Waals surface area (Å²) in [6.45, 7) is 0. The molecule has 0 aromatic carbocycles. The van der Waals surface area contributed by atoms with Crippen molar-refractivity contribution in [2.75, 3.05) is 12.8 Å². The van der Waals surface area contributed by atoms with E-state index in [9.17, 15) is 9.00 Å². The smallest absolute Gasteiger partial charge is 0.375 e. The Balaban J connectivity index is 2.79. The Bertz CT molecular complexity index is 484. The molecule has 0 spiro atoms. The van der Waals surface area contributed by atoms with E-state index in [1.54, 1.807) is 0 Å². The van der Waals surface area contributed by atoms with E-state index in [2.05, 4.69) is 18.3 Å². The minimum absolute atomic E-state index is 0.125.